The Kier molecular flexibility index (Phi) is 9.09. The molecule has 6 rings (SSSR count). The van der Waals surface area contributed by atoms with Crippen molar-refractivity contribution in [3.8, 4) is 5.88 Å². The van der Waals surface area contributed by atoms with Crippen molar-refractivity contribution in [3.63, 3.8) is 0 Å². The van der Waals surface area contributed by atoms with Gasteiger partial charge in [-0.05, 0) is 57.6 Å². The second-order valence-corrected chi connectivity index (χ2v) is 10.9. The first-order chi connectivity index (χ1) is 20.7. The van der Waals surface area contributed by atoms with Gasteiger partial charge >= 0.3 is 5.97 Å². The van der Waals surface area contributed by atoms with Crippen molar-refractivity contribution in [3.05, 3.63) is 36.2 Å². The van der Waals surface area contributed by atoms with E-state index in [2.05, 4.69) is 25.5 Å². The Morgan fingerprint density at radius 1 is 0.976 bits per heavy atom. The lowest BCUT2D eigenvalue weighted by Gasteiger charge is -2.31. The monoisotopic (exact) mass is 577 g/mol. The third kappa shape index (κ3) is 6.81. The first-order valence-corrected chi connectivity index (χ1v) is 15.1. The highest BCUT2D eigenvalue weighted by Gasteiger charge is 2.27. The second-order valence-electron chi connectivity index (χ2n) is 10.9. The molecule has 12 nitrogen and oxygen atoms in total. The number of hydrogen-bond acceptors (Lipinski definition) is 12. The summed E-state index contributed by atoms with van der Waals surface area (Å²) in [6, 6.07) is 6.34. The molecule has 3 aliphatic rings. The van der Waals surface area contributed by atoms with Gasteiger partial charge in [0.2, 0.25) is 11.8 Å². The second kappa shape index (κ2) is 13.5. The largest absolute Gasteiger partial charge is 0.474 e. The molecule has 0 bridgehead atoms. The summed E-state index contributed by atoms with van der Waals surface area (Å²) < 4.78 is 22.8. The van der Waals surface area contributed by atoms with E-state index in [1.165, 1.54) is 0 Å². The van der Waals surface area contributed by atoms with Gasteiger partial charge in [0, 0.05) is 56.8 Å². The van der Waals surface area contributed by atoms with E-state index in [4.69, 9.17) is 28.9 Å². The maximum Gasteiger partial charge on any atom is 0.343 e. The van der Waals surface area contributed by atoms with E-state index in [0.29, 0.717) is 49.6 Å². The van der Waals surface area contributed by atoms with Crippen LogP contribution >= 0.6 is 0 Å². The van der Waals surface area contributed by atoms with Crippen LogP contribution in [0.25, 0.3) is 10.9 Å². The Bertz CT molecular complexity index is 1360. The highest BCUT2D eigenvalue weighted by Crippen LogP contribution is 2.32. The van der Waals surface area contributed by atoms with Crippen LogP contribution in [0.1, 0.15) is 55.8 Å². The average molecular weight is 578 g/mol. The molecule has 3 aromatic rings. The number of nitrogens with zero attached hydrogens (tertiary/aromatic N) is 5. The van der Waals surface area contributed by atoms with Crippen LogP contribution < -0.4 is 20.3 Å². The number of anilines is 3. The predicted octanol–water partition coefficient (Wildman–Crippen LogP) is 3.83. The molecule has 224 valence electrons. The number of aromatic nitrogens is 4. The summed E-state index contributed by atoms with van der Waals surface area (Å²) in [6.07, 6.45) is 8.57. The van der Waals surface area contributed by atoms with Gasteiger partial charge in [-0.1, -0.05) is 0 Å². The molecule has 0 amide bonds. The minimum Gasteiger partial charge on any atom is -0.474 e. The fraction of sp³-hybridized carbons (Fsp3) is 0.567. The SMILES string of the molecule is CCOC(=O)c1cnc(NC2CCOCC2)nc1NC1CCC(Oc2nc(N3CCOCC3)cc3ncccc23)CC1. The highest BCUT2D eigenvalue weighted by atomic mass is 16.5. The van der Waals surface area contributed by atoms with E-state index in [0.717, 1.165) is 68.3 Å². The number of carbonyl (C=O) groups excluding carboxylic acids is 1. The summed E-state index contributed by atoms with van der Waals surface area (Å²) in [6.45, 7) is 6.48. The standard InChI is InChI=1S/C30H39N7O5/c1-2-41-29(38)24-19-32-30(34-21-9-14-39-15-10-21)36-27(24)33-20-5-7-22(8-6-20)42-28-23-4-3-11-31-25(23)18-26(35-28)37-12-16-40-17-13-37/h3-4,11,18-22H,2,5-10,12-17H2,1H3,(H2,32,33,34,36). The zero-order valence-electron chi connectivity index (χ0n) is 24.1. The summed E-state index contributed by atoms with van der Waals surface area (Å²) in [5.74, 6) is 2.07. The third-order valence-corrected chi connectivity index (χ3v) is 8.02. The van der Waals surface area contributed by atoms with Crippen LogP contribution in [0.15, 0.2) is 30.6 Å². The van der Waals surface area contributed by atoms with Gasteiger partial charge < -0.3 is 34.5 Å². The molecule has 0 spiro atoms. The van der Waals surface area contributed by atoms with Crippen molar-refractivity contribution in [1.29, 1.82) is 0 Å². The lowest BCUT2D eigenvalue weighted by molar-refractivity contribution is 0.0526. The molecule has 42 heavy (non-hydrogen) atoms. The maximum absolute atomic E-state index is 12.7. The van der Waals surface area contributed by atoms with Crippen molar-refractivity contribution >= 4 is 34.5 Å². The predicted molar refractivity (Wildman–Crippen MR) is 158 cm³/mol. The number of morpholine rings is 1. The Labute approximate surface area is 245 Å². The van der Waals surface area contributed by atoms with E-state index < -0.39 is 5.97 Å². The van der Waals surface area contributed by atoms with E-state index in [1.807, 2.05) is 18.2 Å². The van der Waals surface area contributed by atoms with Crippen LogP contribution in [-0.4, -0.2) is 90.2 Å². The molecule has 0 unspecified atom stereocenters. The van der Waals surface area contributed by atoms with Crippen molar-refractivity contribution < 1.29 is 23.7 Å². The van der Waals surface area contributed by atoms with Crippen LogP contribution in [0, 0.1) is 0 Å². The van der Waals surface area contributed by atoms with Crippen molar-refractivity contribution in [1.82, 2.24) is 19.9 Å². The number of fused-ring (bicyclic) bond motifs is 1. The summed E-state index contributed by atoms with van der Waals surface area (Å²) in [5.41, 5.74) is 1.22. The molecule has 0 aromatic carbocycles. The molecular weight excluding hydrogens is 538 g/mol. The number of pyridine rings is 2. The van der Waals surface area contributed by atoms with Gasteiger partial charge in [0.15, 0.2) is 0 Å². The van der Waals surface area contributed by atoms with E-state index in [1.54, 1.807) is 19.3 Å². The fourth-order valence-corrected chi connectivity index (χ4v) is 5.70. The van der Waals surface area contributed by atoms with E-state index in [9.17, 15) is 4.79 Å². The molecule has 2 N–H and O–H groups in total. The van der Waals surface area contributed by atoms with E-state index in [-0.39, 0.29) is 24.8 Å². The smallest absolute Gasteiger partial charge is 0.343 e. The Morgan fingerprint density at radius 3 is 2.52 bits per heavy atom. The van der Waals surface area contributed by atoms with Gasteiger partial charge in [-0.3, -0.25) is 4.98 Å². The van der Waals surface area contributed by atoms with Gasteiger partial charge in [-0.15, -0.1) is 0 Å². The van der Waals surface area contributed by atoms with Gasteiger partial charge in [-0.2, -0.15) is 9.97 Å². The molecule has 2 aliphatic heterocycles. The van der Waals surface area contributed by atoms with Crippen molar-refractivity contribution in [2.75, 3.05) is 61.7 Å². The minimum absolute atomic E-state index is 0.0274. The number of esters is 1. The molecular formula is C30H39N7O5. The maximum atomic E-state index is 12.7. The van der Waals surface area contributed by atoms with Crippen LogP contribution in [0.4, 0.5) is 17.6 Å². The normalized spacial score (nSPS) is 21.6. The van der Waals surface area contributed by atoms with Gasteiger partial charge in [0.05, 0.1) is 30.7 Å². The number of hydrogen-bond donors (Lipinski definition) is 2. The van der Waals surface area contributed by atoms with Crippen molar-refractivity contribution in [2.45, 2.75) is 63.6 Å². The lowest BCUT2D eigenvalue weighted by atomic mass is 9.93. The molecule has 1 saturated carbocycles. The number of nitrogens with one attached hydrogen (secondary N) is 2. The average Bonchev–Trinajstić information content (AvgIpc) is 3.03. The number of ether oxygens (including phenoxy) is 4. The Morgan fingerprint density at radius 2 is 1.74 bits per heavy atom. The molecule has 1 aliphatic carbocycles. The summed E-state index contributed by atoms with van der Waals surface area (Å²) >= 11 is 0. The third-order valence-electron chi connectivity index (χ3n) is 8.02. The van der Waals surface area contributed by atoms with Crippen LogP contribution in [-0.2, 0) is 14.2 Å². The van der Waals surface area contributed by atoms with E-state index >= 15 is 0 Å². The Hall–Kier alpha value is -3.77. The molecule has 3 fully saturated rings. The van der Waals surface area contributed by atoms with Crippen LogP contribution in [0.3, 0.4) is 0 Å². The fourth-order valence-electron chi connectivity index (χ4n) is 5.70. The molecule has 12 heteroatoms. The lowest BCUT2D eigenvalue weighted by Crippen LogP contribution is -2.37. The summed E-state index contributed by atoms with van der Waals surface area (Å²) in [4.78, 5) is 33.5. The van der Waals surface area contributed by atoms with Crippen LogP contribution in [0.5, 0.6) is 5.88 Å². The Balaban J connectivity index is 1.13. The first-order valence-electron chi connectivity index (χ1n) is 15.1. The van der Waals surface area contributed by atoms with Gasteiger partial charge in [0.25, 0.3) is 0 Å². The number of rotatable bonds is 9. The van der Waals surface area contributed by atoms with Gasteiger partial charge in [-0.25, -0.2) is 9.78 Å². The molecule has 0 radical (unpaired) electrons. The zero-order valence-corrected chi connectivity index (χ0v) is 24.1. The molecule has 3 aromatic heterocycles. The first kappa shape index (κ1) is 28.4. The zero-order chi connectivity index (χ0) is 28.7. The highest BCUT2D eigenvalue weighted by molar-refractivity contribution is 5.94. The summed E-state index contributed by atoms with van der Waals surface area (Å²) in [5, 5.41) is 7.83. The molecule has 2 saturated heterocycles. The summed E-state index contributed by atoms with van der Waals surface area (Å²) in [7, 11) is 0. The topological polar surface area (TPSA) is 133 Å². The molecule has 0 atom stereocenters. The minimum atomic E-state index is -0.429. The van der Waals surface area contributed by atoms with Crippen LogP contribution in [0.2, 0.25) is 0 Å². The molecule has 5 heterocycles. The number of carbonyl (C=O) groups is 1. The van der Waals surface area contributed by atoms with Gasteiger partial charge in [0.1, 0.15) is 23.3 Å². The quantitative estimate of drug-likeness (QED) is 0.358. The van der Waals surface area contributed by atoms with Crippen molar-refractivity contribution in [2.24, 2.45) is 0 Å².